The van der Waals surface area contributed by atoms with E-state index in [0.717, 1.165) is 22.4 Å². The van der Waals surface area contributed by atoms with Gasteiger partial charge >= 0.3 is 0 Å². The van der Waals surface area contributed by atoms with E-state index in [2.05, 4.69) is 10.8 Å². The molecule has 0 fully saturated rings. The molecule has 0 bridgehead atoms. The molecule has 2 aromatic carbocycles. The molecule has 0 aliphatic carbocycles. The Bertz CT molecular complexity index is 734. The van der Waals surface area contributed by atoms with Crippen LogP contribution in [0.15, 0.2) is 47.4 Å². The maximum absolute atomic E-state index is 12.1. The lowest BCUT2D eigenvalue weighted by molar-refractivity contribution is 0.322. The van der Waals surface area contributed by atoms with Crippen molar-refractivity contribution < 1.29 is 13.2 Å². The van der Waals surface area contributed by atoms with Crippen molar-refractivity contribution >= 4 is 10.0 Å². The average Bonchev–Trinajstić information content (AvgIpc) is 2.43. The molecule has 5 heteroatoms. The Morgan fingerprint density at radius 1 is 0.955 bits per heavy atom. The number of aryl methyl sites for hydroxylation is 3. The second-order valence-corrected chi connectivity index (χ2v) is 7.15. The molecule has 0 radical (unpaired) electrons. The second kappa shape index (κ2) is 6.94. The standard InChI is InChI=1S/C17H21NO3S/c1-13-5-4-6-17(12-13)22(19,20)18-7-8-21-16-10-14(2)9-15(3)11-16/h4-6,9-12,18H,7-8H2,1-3H3. The monoisotopic (exact) mass is 319 g/mol. The minimum Gasteiger partial charge on any atom is -0.492 e. The van der Waals surface area contributed by atoms with Crippen molar-refractivity contribution in [2.75, 3.05) is 13.2 Å². The topological polar surface area (TPSA) is 55.4 Å². The fourth-order valence-corrected chi connectivity index (χ4v) is 3.34. The Hall–Kier alpha value is -1.85. The van der Waals surface area contributed by atoms with Crippen molar-refractivity contribution in [2.24, 2.45) is 0 Å². The highest BCUT2D eigenvalue weighted by Gasteiger charge is 2.13. The molecule has 0 atom stereocenters. The number of ether oxygens (including phenoxy) is 1. The van der Waals surface area contributed by atoms with Gasteiger partial charge in [-0.3, -0.25) is 0 Å². The molecule has 118 valence electrons. The van der Waals surface area contributed by atoms with E-state index >= 15 is 0 Å². The third kappa shape index (κ3) is 4.58. The third-order valence-electron chi connectivity index (χ3n) is 3.16. The molecule has 2 aromatic rings. The van der Waals surface area contributed by atoms with Gasteiger partial charge in [-0.25, -0.2) is 13.1 Å². The molecule has 1 N–H and O–H groups in total. The Morgan fingerprint density at radius 2 is 1.64 bits per heavy atom. The van der Waals surface area contributed by atoms with E-state index in [9.17, 15) is 8.42 Å². The highest BCUT2D eigenvalue weighted by molar-refractivity contribution is 7.89. The summed E-state index contributed by atoms with van der Waals surface area (Å²) in [5, 5.41) is 0. The smallest absolute Gasteiger partial charge is 0.240 e. The van der Waals surface area contributed by atoms with E-state index in [-0.39, 0.29) is 18.0 Å². The lowest BCUT2D eigenvalue weighted by Crippen LogP contribution is -2.28. The van der Waals surface area contributed by atoms with Gasteiger partial charge in [0.25, 0.3) is 0 Å². The number of nitrogens with one attached hydrogen (secondary N) is 1. The molecule has 0 spiro atoms. The molecule has 0 heterocycles. The first-order chi connectivity index (χ1) is 10.4. The van der Waals surface area contributed by atoms with Gasteiger partial charge in [-0.15, -0.1) is 0 Å². The molecule has 2 rings (SSSR count). The molecule has 0 saturated heterocycles. The zero-order valence-corrected chi connectivity index (χ0v) is 13.9. The van der Waals surface area contributed by atoms with Crippen LogP contribution in [-0.4, -0.2) is 21.6 Å². The van der Waals surface area contributed by atoms with E-state index in [4.69, 9.17) is 4.74 Å². The molecule has 0 aliphatic heterocycles. The lowest BCUT2D eigenvalue weighted by atomic mass is 10.1. The Kier molecular flexibility index (Phi) is 5.21. The second-order valence-electron chi connectivity index (χ2n) is 5.39. The van der Waals surface area contributed by atoms with Gasteiger partial charge in [-0.05, 0) is 61.7 Å². The van der Waals surface area contributed by atoms with Crippen LogP contribution in [0, 0.1) is 20.8 Å². The summed E-state index contributed by atoms with van der Waals surface area (Å²) in [4.78, 5) is 0.277. The van der Waals surface area contributed by atoms with Crippen LogP contribution in [0.1, 0.15) is 16.7 Å². The van der Waals surface area contributed by atoms with Crippen molar-refractivity contribution in [3.8, 4) is 5.75 Å². The number of hydrogen-bond donors (Lipinski definition) is 1. The summed E-state index contributed by atoms with van der Waals surface area (Å²) in [6, 6.07) is 12.8. The van der Waals surface area contributed by atoms with Gasteiger partial charge in [0.05, 0.1) is 4.90 Å². The molecule has 4 nitrogen and oxygen atoms in total. The summed E-state index contributed by atoms with van der Waals surface area (Å²) < 4.78 is 32.4. The average molecular weight is 319 g/mol. The van der Waals surface area contributed by atoms with Gasteiger partial charge in [0.2, 0.25) is 10.0 Å². The van der Waals surface area contributed by atoms with E-state index < -0.39 is 10.0 Å². The van der Waals surface area contributed by atoms with E-state index in [1.54, 1.807) is 18.2 Å². The first-order valence-electron chi connectivity index (χ1n) is 7.14. The van der Waals surface area contributed by atoms with Crippen LogP contribution in [0.25, 0.3) is 0 Å². The van der Waals surface area contributed by atoms with Gasteiger partial charge in [0.1, 0.15) is 12.4 Å². The minimum atomic E-state index is -3.48. The molecule has 0 aromatic heterocycles. The molecule has 0 saturated carbocycles. The van der Waals surface area contributed by atoms with Crippen molar-refractivity contribution in [1.29, 1.82) is 0 Å². The summed E-state index contributed by atoms with van der Waals surface area (Å²) in [6.07, 6.45) is 0. The normalized spacial score (nSPS) is 11.4. The van der Waals surface area contributed by atoms with Crippen LogP contribution in [0.5, 0.6) is 5.75 Å². The largest absolute Gasteiger partial charge is 0.492 e. The first kappa shape index (κ1) is 16.5. The predicted molar refractivity (Wildman–Crippen MR) is 87.8 cm³/mol. The Morgan fingerprint density at radius 3 is 2.27 bits per heavy atom. The predicted octanol–water partition coefficient (Wildman–Crippen LogP) is 2.97. The van der Waals surface area contributed by atoms with Crippen LogP contribution in [0.3, 0.4) is 0 Å². The maximum Gasteiger partial charge on any atom is 0.240 e. The van der Waals surface area contributed by atoms with E-state index in [1.165, 1.54) is 0 Å². The van der Waals surface area contributed by atoms with Gasteiger partial charge in [0, 0.05) is 6.54 Å². The van der Waals surface area contributed by atoms with Gasteiger partial charge in [-0.1, -0.05) is 18.2 Å². The molecular formula is C17H21NO3S. The number of hydrogen-bond acceptors (Lipinski definition) is 3. The number of rotatable bonds is 6. The zero-order chi connectivity index (χ0) is 16.2. The fourth-order valence-electron chi connectivity index (χ4n) is 2.23. The maximum atomic E-state index is 12.1. The van der Waals surface area contributed by atoms with E-state index in [0.29, 0.717) is 0 Å². The molecule has 0 aliphatic rings. The van der Waals surface area contributed by atoms with Crippen LogP contribution in [0.2, 0.25) is 0 Å². The zero-order valence-electron chi connectivity index (χ0n) is 13.1. The Labute approximate surface area is 132 Å². The summed E-state index contributed by atoms with van der Waals surface area (Å²) in [7, 11) is -3.48. The van der Waals surface area contributed by atoms with Crippen LogP contribution in [0.4, 0.5) is 0 Å². The highest BCUT2D eigenvalue weighted by Crippen LogP contribution is 2.16. The van der Waals surface area contributed by atoms with Crippen molar-refractivity contribution in [3.05, 3.63) is 59.2 Å². The van der Waals surface area contributed by atoms with Crippen molar-refractivity contribution in [3.63, 3.8) is 0 Å². The SMILES string of the molecule is Cc1cc(C)cc(OCCNS(=O)(=O)c2cccc(C)c2)c1. The molecule has 0 amide bonds. The van der Waals surface area contributed by atoms with Crippen LogP contribution < -0.4 is 9.46 Å². The lowest BCUT2D eigenvalue weighted by Gasteiger charge is -2.10. The van der Waals surface area contributed by atoms with Crippen LogP contribution in [-0.2, 0) is 10.0 Å². The van der Waals surface area contributed by atoms with Crippen molar-refractivity contribution in [1.82, 2.24) is 4.72 Å². The van der Waals surface area contributed by atoms with Crippen LogP contribution >= 0.6 is 0 Å². The van der Waals surface area contributed by atoms with Gasteiger partial charge in [0.15, 0.2) is 0 Å². The third-order valence-corrected chi connectivity index (χ3v) is 4.62. The number of benzene rings is 2. The van der Waals surface area contributed by atoms with Gasteiger partial charge < -0.3 is 4.74 Å². The quantitative estimate of drug-likeness (QED) is 0.833. The summed E-state index contributed by atoms with van der Waals surface area (Å²) in [6.45, 7) is 6.38. The minimum absolute atomic E-state index is 0.225. The summed E-state index contributed by atoms with van der Waals surface area (Å²) in [5.74, 6) is 0.757. The fraction of sp³-hybridized carbons (Fsp3) is 0.294. The highest BCUT2D eigenvalue weighted by atomic mass is 32.2. The Balaban J connectivity index is 1.90. The van der Waals surface area contributed by atoms with E-state index in [1.807, 2.05) is 39.0 Å². The van der Waals surface area contributed by atoms with Gasteiger partial charge in [-0.2, -0.15) is 0 Å². The first-order valence-corrected chi connectivity index (χ1v) is 8.62. The van der Waals surface area contributed by atoms with Crippen molar-refractivity contribution in [2.45, 2.75) is 25.7 Å². The summed E-state index contributed by atoms with van der Waals surface area (Å²) in [5.41, 5.74) is 3.15. The summed E-state index contributed by atoms with van der Waals surface area (Å²) >= 11 is 0. The molecular weight excluding hydrogens is 298 g/mol. The molecule has 22 heavy (non-hydrogen) atoms. The number of sulfonamides is 1. The molecule has 0 unspecified atom stereocenters.